The number of ether oxygens (including phenoxy) is 1. The molecule has 1 aromatic carbocycles. The summed E-state index contributed by atoms with van der Waals surface area (Å²) in [5, 5.41) is 3.42. The maximum Gasteiger partial charge on any atom is 0.308 e. The number of esters is 1. The van der Waals surface area contributed by atoms with Crippen molar-refractivity contribution in [3.63, 3.8) is 0 Å². The fraction of sp³-hybridized carbons (Fsp3) is 0.652. The van der Waals surface area contributed by atoms with Gasteiger partial charge >= 0.3 is 5.97 Å². The number of benzene rings is 1. The van der Waals surface area contributed by atoms with Crippen LogP contribution in [-0.4, -0.2) is 92.6 Å². The maximum absolute atomic E-state index is 11.7. The molecule has 0 bridgehead atoms. The highest BCUT2D eigenvalue weighted by Crippen LogP contribution is 2.18. The van der Waals surface area contributed by atoms with E-state index in [4.69, 9.17) is 9.73 Å². The molecule has 0 amide bonds. The molecule has 0 unspecified atom stereocenters. The number of hydrogen-bond donors (Lipinski definition) is 1. The van der Waals surface area contributed by atoms with E-state index in [0.29, 0.717) is 0 Å². The molecule has 1 N–H and O–H groups in total. The number of guanidine groups is 1. The van der Waals surface area contributed by atoms with E-state index in [1.165, 1.54) is 12.7 Å². The minimum absolute atomic E-state index is 0.0290. The third-order valence-corrected chi connectivity index (χ3v) is 6.06. The van der Waals surface area contributed by atoms with Gasteiger partial charge in [0.2, 0.25) is 0 Å². The van der Waals surface area contributed by atoms with Crippen LogP contribution >= 0.6 is 0 Å². The average molecular weight is 416 g/mol. The Kier molecular flexibility index (Phi) is 8.96. The van der Waals surface area contributed by atoms with Crippen molar-refractivity contribution in [3.8, 4) is 0 Å². The molecule has 0 aromatic heterocycles. The first-order valence-corrected chi connectivity index (χ1v) is 11.3. The molecule has 7 heteroatoms. The van der Waals surface area contributed by atoms with E-state index in [1.54, 1.807) is 0 Å². The summed E-state index contributed by atoms with van der Waals surface area (Å²) in [4.78, 5) is 23.9. The van der Waals surface area contributed by atoms with Crippen molar-refractivity contribution in [1.82, 2.24) is 20.0 Å². The smallest absolute Gasteiger partial charge is 0.308 e. The first-order valence-electron chi connectivity index (χ1n) is 11.3. The summed E-state index contributed by atoms with van der Waals surface area (Å²) < 4.78 is 4.89. The summed E-state index contributed by atoms with van der Waals surface area (Å²) in [5.41, 5.74) is 1.39. The lowest BCUT2D eigenvalue weighted by molar-refractivity contribution is -0.146. The second-order valence-electron chi connectivity index (χ2n) is 8.12. The van der Waals surface area contributed by atoms with Crippen LogP contribution in [0.2, 0.25) is 0 Å². The highest BCUT2D eigenvalue weighted by Gasteiger charge is 2.27. The largest absolute Gasteiger partial charge is 0.469 e. The number of piperazine rings is 1. The molecule has 1 aromatic rings. The number of hydrogen-bond acceptors (Lipinski definition) is 5. The molecule has 0 saturated carbocycles. The molecule has 3 rings (SSSR count). The van der Waals surface area contributed by atoms with Gasteiger partial charge in [0.15, 0.2) is 5.96 Å². The van der Waals surface area contributed by atoms with E-state index < -0.39 is 0 Å². The zero-order valence-electron chi connectivity index (χ0n) is 18.6. The number of methoxy groups -OCH3 is 1. The molecular formula is C23H37N5O2. The first-order chi connectivity index (χ1) is 14.7. The van der Waals surface area contributed by atoms with E-state index in [1.807, 2.05) is 0 Å². The molecule has 0 aliphatic carbocycles. The van der Waals surface area contributed by atoms with Gasteiger partial charge in [0.1, 0.15) is 0 Å². The minimum Gasteiger partial charge on any atom is -0.469 e. The molecule has 7 nitrogen and oxygen atoms in total. The molecule has 2 saturated heterocycles. The maximum atomic E-state index is 11.7. The Morgan fingerprint density at radius 1 is 1.07 bits per heavy atom. The number of rotatable bonds is 7. The van der Waals surface area contributed by atoms with Crippen LogP contribution in [0.15, 0.2) is 35.3 Å². The Labute approximate surface area is 181 Å². The third-order valence-electron chi connectivity index (χ3n) is 6.06. The molecule has 0 spiro atoms. The minimum atomic E-state index is -0.0806. The number of carbonyl (C=O) groups excluding carboxylic acids is 1. The van der Waals surface area contributed by atoms with Gasteiger partial charge in [-0.25, -0.2) is 0 Å². The van der Waals surface area contributed by atoms with Crippen molar-refractivity contribution in [2.24, 2.45) is 10.9 Å². The molecule has 2 aliphatic rings. The monoisotopic (exact) mass is 415 g/mol. The van der Waals surface area contributed by atoms with Crippen LogP contribution < -0.4 is 5.32 Å². The van der Waals surface area contributed by atoms with Gasteiger partial charge in [0.05, 0.1) is 19.6 Å². The fourth-order valence-corrected chi connectivity index (χ4v) is 4.23. The van der Waals surface area contributed by atoms with Gasteiger partial charge in [-0.3, -0.25) is 19.6 Å². The zero-order chi connectivity index (χ0) is 21.2. The second kappa shape index (κ2) is 11.9. The number of nitrogens with one attached hydrogen (secondary N) is 1. The normalized spacial score (nSPS) is 19.7. The van der Waals surface area contributed by atoms with Crippen LogP contribution in [0, 0.1) is 5.92 Å². The molecule has 30 heavy (non-hydrogen) atoms. The SMILES string of the molecule is CCNC(=NCCN1CCN(Cc2ccccc2)CC1)N1CCC(C(=O)OC)CC1. The van der Waals surface area contributed by atoms with Crippen LogP contribution in [-0.2, 0) is 16.1 Å². The Bertz CT molecular complexity index is 665. The molecule has 0 atom stereocenters. The van der Waals surface area contributed by atoms with Crippen molar-refractivity contribution in [3.05, 3.63) is 35.9 Å². The average Bonchev–Trinajstić information content (AvgIpc) is 2.80. The van der Waals surface area contributed by atoms with Gasteiger partial charge < -0.3 is 15.0 Å². The van der Waals surface area contributed by atoms with Gasteiger partial charge in [0.25, 0.3) is 0 Å². The summed E-state index contributed by atoms with van der Waals surface area (Å²) in [6.07, 6.45) is 1.67. The van der Waals surface area contributed by atoms with Gasteiger partial charge in [-0.2, -0.15) is 0 Å². The molecular weight excluding hydrogens is 378 g/mol. The highest BCUT2D eigenvalue weighted by atomic mass is 16.5. The van der Waals surface area contributed by atoms with Crippen molar-refractivity contribution < 1.29 is 9.53 Å². The Morgan fingerprint density at radius 3 is 2.37 bits per heavy atom. The van der Waals surface area contributed by atoms with Crippen LogP contribution in [0.25, 0.3) is 0 Å². The molecule has 2 fully saturated rings. The van der Waals surface area contributed by atoms with Crippen molar-refractivity contribution in [2.75, 3.05) is 66.0 Å². The first kappa shape index (κ1) is 22.6. The standard InChI is InChI=1S/C23H37N5O2/c1-3-24-23(28-12-9-21(10-13-28)22(29)30-2)25-11-14-26-15-17-27(18-16-26)19-20-7-5-4-6-8-20/h4-8,21H,3,9-19H2,1-2H3,(H,24,25). The van der Waals surface area contributed by atoms with Gasteiger partial charge in [-0.15, -0.1) is 0 Å². The van der Waals surface area contributed by atoms with Crippen molar-refractivity contribution in [2.45, 2.75) is 26.3 Å². The lowest BCUT2D eigenvalue weighted by Gasteiger charge is -2.35. The number of likely N-dealkylation sites (tertiary alicyclic amines) is 1. The number of aliphatic imine (C=N–C) groups is 1. The number of piperidine rings is 1. The third kappa shape index (κ3) is 6.71. The van der Waals surface area contributed by atoms with Crippen molar-refractivity contribution >= 4 is 11.9 Å². The quantitative estimate of drug-likeness (QED) is 0.415. The van der Waals surface area contributed by atoms with E-state index in [2.05, 4.69) is 57.3 Å². The van der Waals surface area contributed by atoms with Gasteiger partial charge in [-0.1, -0.05) is 30.3 Å². The van der Waals surface area contributed by atoms with E-state index in [9.17, 15) is 4.79 Å². The summed E-state index contributed by atoms with van der Waals surface area (Å²) >= 11 is 0. The highest BCUT2D eigenvalue weighted by molar-refractivity contribution is 5.80. The van der Waals surface area contributed by atoms with Crippen molar-refractivity contribution in [1.29, 1.82) is 0 Å². The predicted octanol–water partition coefficient (Wildman–Crippen LogP) is 1.65. The summed E-state index contributed by atoms with van der Waals surface area (Å²) in [5.74, 6) is 0.924. The molecule has 2 aliphatic heterocycles. The Morgan fingerprint density at radius 2 is 1.73 bits per heavy atom. The van der Waals surface area contributed by atoms with Crippen LogP contribution in [0.4, 0.5) is 0 Å². The zero-order valence-corrected chi connectivity index (χ0v) is 18.6. The van der Waals surface area contributed by atoms with Crippen LogP contribution in [0.3, 0.4) is 0 Å². The molecule has 166 valence electrons. The van der Waals surface area contributed by atoms with Crippen LogP contribution in [0.1, 0.15) is 25.3 Å². The van der Waals surface area contributed by atoms with Gasteiger partial charge in [0, 0.05) is 58.9 Å². The molecule has 2 heterocycles. The number of nitrogens with zero attached hydrogens (tertiary/aromatic N) is 4. The van der Waals surface area contributed by atoms with Crippen LogP contribution in [0.5, 0.6) is 0 Å². The molecule has 0 radical (unpaired) electrons. The summed E-state index contributed by atoms with van der Waals surface area (Å²) in [6.45, 7) is 11.9. The summed E-state index contributed by atoms with van der Waals surface area (Å²) in [7, 11) is 1.47. The Hall–Kier alpha value is -2.12. The lowest BCUT2D eigenvalue weighted by Crippen LogP contribution is -2.48. The topological polar surface area (TPSA) is 60.4 Å². The lowest BCUT2D eigenvalue weighted by atomic mass is 9.97. The second-order valence-corrected chi connectivity index (χ2v) is 8.12. The summed E-state index contributed by atoms with van der Waals surface area (Å²) in [6, 6.07) is 10.7. The van der Waals surface area contributed by atoms with E-state index in [0.717, 1.165) is 84.2 Å². The number of carbonyl (C=O) groups is 1. The van der Waals surface area contributed by atoms with Gasteiger partial charge in [-0.05, 0) is 25.3 Å². The predicted molar refractivity (Wildman–Crippen MR) is 120 cm³/mol. The van der Waals surface area contributed by atoms with E-state index in [-0.39, 0.29) is 11.9 Å². The fourth-order valence-electron chi connectivity index (χ4n) is 4.23. The Balaban J connectivity index is 1.40. The van der Waals surface area contributed by atoms with E-state index >= 15 is 0 Å².